The van der Waals surface area contributed by atoms with Crippen LogP contribution in [0.5, 0.6) is 5.75 Å². The molecule has 18 heavy (non-hydrogen) atoms. The van der Waals surface area contributed by atoms with Crippen LogP contribution < -0.4 is 4.74 Å². The number of hydrogen-bond donors (Lipinski definition) is 0. The van der Waals surface area contributed by atoms with E-state index in [0.29, 0.717) is 17.0 Å². The molecule has 0 spiro atoms. The second kappa shape index (κ2) is 3.96. The van der Waals surface area contributed by atoms with E-state index >= 15 is 0 Å². The number of methoxy groups -OCH3 is 1. The molecule has 0 saturated carbocycles. The molecule has 1 aromatic rings. The standard InChI is InChI=1S/C11H11NO5S/c1-15-8-4-2-7(3-5-8)10-11-9(17-12-10)6-16-18(11,13)14/h2-5,9,11H,6H2,1H3/t9-,11+/m1/s1. The van der Waals surface area contributed by atoms with Crippen LogP contribution in [0.4, 0.5) is 0 Å². The number of fused-ring (bicyclic) bond motifs is 1. The highest BCUT2D eigenvalue weighted by atomic mass is 32.2. The first-order valence-electron chi connectivity index (χ1n) is 5.38. The van der Waals surface area contributed by atoms with Crippen molar-refractivity contribution in [2.24, 2.45) is 5.16 Å². The summed E-state index contributed by atoms with van der Waals surface area (Å²) in [5.74, 6) is 0.695. The van der Waals surface area contributed by atoms with Gasteiger partial charge in [0.2, 0.25) is 0 Å². The van der Waals surface area contributed by atoms with E-state index in [1.807, 2.05) is 0 Å². The van der Waals surface area contributed by atoms with Crippen LogP contribution in [-0.4, -0.2) is 39.2 Å². The lowest BCUT2D eigenvalue weighted by molar-refractivity contribution is 0.0683. The van der Waals surface area contributed by atoms with E-state index in [0.717, 1.165) is 0 Å². The molecule has 0 aliphatic carbocycles. The van der Waals surface area contributed by atoms with Gasteiger partial charge in [-0.2, -0.15) is 8.42 Å². The monoisotopic (exact) mass is 269 g/mol. The summed E-state index contributed by atoms with van der Waals surface area (Å²) in [6.07, 6.45) is -0.535. The molecule has 0 radical (unpaired) electrons. The molecule has 1 fully saturated rings. The van der Waals surface area contributed by atoms with Crippen LogP contribution in [0, 0.1) is 0 Å². The largest absolute Gasteiger partial charge is 0.497 e. The first-order chi connectivity index (χ1) is 8.62. The third-order valence-corrected chi connectivity index (χ3v) is 4.60. The fourth-order valence-corrected chi connectivity index (χ4v) is 3.49. The molecule has 2 aliphatic heterocycles. The average molecular weight is 269 g/mol. The van der Waals surface area contributed by atoms with E-state index < -0.39 is 21.5 Å². The van der Waals surface area contributed by atoms with Crippen molar-refractivity contribution >= 4 is 15.8 Å². The minimum absolute atomic E-state index is 0.0240. The third-order valence-electron chi connectivity index (χ3n) is 2.99. The van der Waals surface area contributed by atoms with E-state index in [9.17, 15) is 8.42 Å². The summed E-state index contributed by atoms with van der Waals surface area (Å²) in [5, 5.41) is 3.03. The Balaban J connectivity index is 1.97. The number of benzene rings is 1. The Kier molecular flexibility index (Phi) is 2.53. The zero-order valence-corrected chi connectivity index (χ0v) is 10.4. The summed E-state index contributed by atoms with van der Waals surface area (Å²) >= 11 is 0. The van der Waals surface area contributed by atoms with Crippen molar-refractivity contribution in [3.05, 3.63) is 29.8 Å². The summed E-state index contributed by atoms with van der Waals surface area (Å²) in [4.78, 5) is 5.09. The molecule has 2 heterocycles. The lowest BCUT2D eigenvalue weighted by atomic mass is 10.0. The van der Waals surface area contributed by atoms with Gasteiger partial charge in [0.25, 0.3) is 10.1 Å². The van der Waals surface area contributed by atoms with Crippen molar-refractivity contribution in [2.45, 2.75) is 11.4 Å². The Morgan fingerprint density at radius 3 is 2.72 bits per heavy atom. The van der Waals surface area contributed by atoms with Gasteiger partial charge in [-0.05, 0) is 24.3 Å². The van der Waals surface area contributed by atoms with E-state index in [2.05, 4.69) is 5.16 Å². The predicted molar refractivity (Wildman–Crippen MR) is 63.1 cm³/mol. The van der Waals surface area contributed by atoms with Crippen molar-refractivity contribution in [3.8, 4) is 5.75 Å². The van der Waals surface area contributed by atoms with Gasteiger partial charge in [-0.3, -0.25) is 4.18 Å². The van der Waals surface area contributed by atoms with Gasteiger partial charge < -0.3 is 9.57 Å². The van der Waals surface area contributed by atoms with Crippen molar-refractivity contribution in [1.29, 1.82) is 0 Å². The maximum absolute atomic E-state index is 11.7. The fourth-order valence-electron chi connectivity index (χ4n) is 2.06. The lowest BCUT2D eigenvalue weighted by Gasteiger charge is -2.07. The molecule has 7 heteroatoms. The van der Waals surface area contributed by atoms with Crippen LogP contribution in [0.25, 0.3) is 0 Å². The van der Waals surface area contributed by atoms with Crippen LogP contribution in [0.2, 0.25) is 0 Å². The van der Waals surface area contributed by atoms with Crippen molar-refractivity contribution in [2.75, 3.05) is 13.7 Å². The molecule has 2 atom stereocenters. The molecule has 0 bridgehead atoms. The van der Waals surface area contributed by atoms with Crippen molar-refractivity contribution < 1.29 is 22.2 Å². The number of nitrogens with zero attached hydrogens (tertiary/aromatic N) is 1. The second-order valence-corrected chi connectivity index (χ2v) is 5.78. The van der Waals surface area contributed by atoms with Crippen LogP contribution in [0.15, 0.2) is 29.4 Å². The topological polar surface area (TPSA) is 74.2 Å². The molecule has 1 aromatic carbocycles. The maximum atomic E-state index is 11.7. The van der Waals surface area contributed by atoms with Gasteiger partial charge in [-0.1, -0.05) is 5.16 Å². The Labute approximate surface area is 104 Å². The highest BCUT2D eigenvalue weighted by molar-refractivity contribution is 7.88. The number of ether oxygens (including phenoxy) is 1. The van der Waals surface area contributed by atoms with Crippen LogP contribution in [0.1, 0.15) is 5.56 Å². The second-order valence-electron chi connectivity index (χ2n) is 4.05. The molecule has 0 amide bonds. The summed E-state index contributed by atoms with van der Waals surface area (Å²) in [5.41, 5.74) is 1.08. The minimum atomic E-state index is -3.62. The summed E-state index contributed by atoms with van der Waals surface area (Å²) in [6, 6.07) is 6.98. The van der Waals surface area contributed by atoms with E-state index in [1.165, 1.54) is 0 Å². The first-order valence-corrected chi connectivity index (χ1v) is 6.85. The quantitative estimate of drug-likeness (QED) is 0.732. The molecular formula is C11H11NO5S. The Bertz CT molecular complexity index is 592. The highest BCUT2D eigenvalue weighted by Gasteiger charge is 2.51. The predicted octanol–water partition coefficient (Wildman–Crippen LogP) is 0.527. The van der Waals surface area contributed by atoms with E-state index in [-0.39, 0.29) is 6.61 Å². The SMILES string of the molecule is COc1ccc(C2=NO[C@@H]3COS(=O)(=O)[C@H]23)cc1. The van der Waals surface area contributed by atoms with Gasteiger partial charge in [0.05, 0.1) is 7.11 Å². The highest BCUT2D eigenvalue weighted by Crippen LogP contribution is 2.30. The molecule has 0 N–H and O–H groups in total. The molecular weight excluding hydrogens is 258 g/mol. The molecule has 96 valence electrons. The maximum Gasteiger partial charge on any atom is 0.280 e. The van der Waals surface area contributed by atoms with Gasteiger partial charge in [-0.15, -0.1) is 0 Å². The molecule has 0 unspecified atom stereocenters. The number of rotatable bonds is 2. The average Bonchev–Trinajstić information content (AvgIpc) is 2.92. The first kappa shape index (κ1) is 11.5. The lowest BCUT2D eigenvalue weighted by Crippen LogP contribution is -2.31. The molecule has 0 aromatic heterocycles. The summed E-state index contributed by atoms with van der Waals surface area (Å²) in [7, 11) is -2.06. The van der Waals surface area contributed by atoms with Gasteiger partial charge in [0, 0.05) is 5.56 Å². The van der Waals surface area contributed by atoms with Gasteiger partial charge in [-0.25, -0.2) is 0 Å². The fraction of sp³-hybridized carbons (Fsp3) is 0.364. The molecule has 1 saturated heterocycles. The zero-order valence-electron chi connectivity index (χ0n) is 9.57. The summed E-state index contributed by atoms with van der Waals surface area (Å²) in [6.45, 7) is 0.0240. The Hall–Kier alpha value is -1.60. The minimum Gasteiger partial charge on any atom is -0.497 e. The van der Waals surface area contributed by atoms with Gasteiger partial charge >= 0.3 is 0 Å². The van der Waals surface area contributed by atoms with Gasteiger partial charge in [0.15, 0.2) is 11.4 Å². The van der Waals surface area contributed by atoms with Crippen molar-refractivity contribution in [3.63, 3.8) is 0 Å². The van der Waals surface area contributed by atoms with Gasteiger partial charge in [0.1, 0.15) is 18.1 Å². The Morgan fingerprint density at radius 1 is 1.33 bits per heavy atom. The Morgan fingerprint density at radius 2 is 2.06 bits per heavy atom. The zero-order chi connectivity index (χ0) is 12.8. The van der Waals surface area contributed by atoms with E-state index in [1.54, 1.807) is 31.4 Å². The third kappa shape index (κ3) is 1.67. The molecule has 6 nitrogen and oxygen atoms in total. The van der Waals surface area contributed by atoms with Crippen LogP contribution in [0.3, 0.4) is 0 Å². The van der Waals surface area contributed by atoms with Crippen LogP contribution >= 0.6 is 0 Å². The normalized spacial score (nSPS) is 28.4. The van der Waals surface area contributed by atoms with Crippen molar-refractivity contribution in [1.82, 2.24) is 0 Å². The van der Waals surface area contributed by atoms with Crippen LogP contribution in [-0.2, 0) is 19.1 Å². The summed E-state index contributed by atoms with van der Waals surface area (Å²) < 4.78 is 33.3. The number of oxime groups is 1. The molecule has 3 rings (SSSR count). The number of hydrogen-bond acceptors (Lipinski definition) is 6. The molecule has 2 aliphatic rings. The smallest absolute Gasteiger partial charge is 0.280 e. The van der Waals surface area contributed by atoms with E-state index in [4.69, 9.17) is 13.8 Å².